The molecule has 0 radical (unpaired) electrons. The molecule has 3 N–H and O–H groups in total. The van der Waals surface area contributed by atoms with Gasteiger partial charge in [-0.25, -0.2) is 0 Å². The number of hydrogen-bond donors (Lipinski definition) is 3. The molecule has 5 aliphatic rings. The Morgan fingerprint density at radius 1 is 0.488 bits per heavy atom. The summed E-state index contributed by atoms with van der Waals surface area (Å²) in [4.78, 5) is 0. The molecule has 0 spiro atoms. The topological polar surface area (TPSA) is 45.3 Å². The number of hydrogen-bond acceptors (Lipinski definition) is 4. The third-order valence-corrected chi connectivity index (χ3v) is 11.8. The Bertz CT molecular complexity index is 1290. The Morgan fingerprint density at radius 3 is 1.74 bits per heavy atom. The molecular weight excluding hydrogens is 526 g/mol. The van der Waals surface area contributed by atoms with Gasteiger partial charge in [0.15, 0.2) is 0 Å². The number of nitrogens with one attached hydrogen (secondary N) is 3. The van der Waals surface area contributed by atoms with Crippen molar-refractivity contribution in [2.24, 2.45) is 17.8 Å². The third-order valence-electron chi connectivity index (χ3n) is 11.8. The standard InChI is InChI=1S/C39H49N3O/c1-4-11-26(12-5-1)29-17-10-18-30(23-29)31-19-21-33-34-22-20-32(25-36(34)43-35(33)24-31)39-41-37(27-13-6-2-7-14-27)40-38(42-39)28-15-8-3-9-16-28/h2-3,6-10,13-18,23,26,31-42H,1,4-5,11-12,19-22,24-25H2. The van der Waals surface area contributed by atoms with E-state index in [4.69, 9.17) is 4.74 Å². The van der Waals surface area contributed by atoms with Gasteiger partial charge in [0, 0.05) is 0 Å². The normalized spacial score (nSPS) is 36.5. The number of fused-ring (bicyclic) bond motifs is 3. The molecule has 5 fully saturated rings. The van der Waals surface area contributed by atoms with Gasteiger partial charge >= 0.3 is 0 Å². The second-order valence-corrected chi connectivity index (χ2v) is 14.3. The van der Waals surface area contributed by atoms with Gasteiger partial charge in [0.05, 0.1) is 30.7 Å². The van der Waals surface area contributed by atoms with Crippen molar-refractivity contribution in [3.63, 3.8) is 0 Å². The Hall–Kier alpha value is -2.50. The smallest absolute Gasteiger partial charge is 0.0862 e. The van der Waals surface area contributed by atoms with Crippen molar-refractivity contribution in [3.8, 4) is 0 Å². The van der Waals surface area contributed by atoms with E-state index in [2.05, 4.69) is 101 Å². The SMILES string of the molecule is c1ccc(C2NC(c3ccccc3)NC(C3CCC4C(C3)OC3CC(c5cccc(C6CCCCC6)c5)CCC34)N2)cc1. The zero-order valence-corrected chi connectivity index (χ0v) is 25.5. The molecule has 2 heterocycles. The first-order chi connectivity index (χ1) is 21.3. The molecule has 0 amide bonds. The molecule has 4 heteroatoms. The summed E-state index contributed by atoms with van der Waals surface area (Å²) >= 11 is 0. The van der Waals surface area contributed by atoms with Gasteiger partial charge < -0.3 is 4.74 Å². The van der Waals surface area contributed by atoms with Gasteiger partial charge in [0.1, 0.15) is 0 Å². The molecule has 8 atom stereocenters. The summed E-state index contributed by atoms with van der Waals surface area (Å²) in [6, 6.07) is 31.5. The zero-order chi connectivity index (χ0) is 28.6. The van der Waals surface area contributed by atoms with E-state index in [-0.39, 0.29) is 18.5 Å². The lowest BCUT2D eigenvalue weighted by Gasteiger charge is -2.45. The van der Waals surface area contributed by atoms with Crippen molar-refractivity contribution in [3.05, 3.63) is 107 Å². The van der Waals surface area contributed by atoms with Crippen molar-refractivity contribution in [1.82, 2.24) is 16.0 Å². The lowest BCUT2D eigenvalue weighted by molar-refractivity contribution is -0.0172. The van der Waals surface area contributed by atoms with E-state index in [0.717, 1.165) is 24.2 Å². The van der Waals surface area contributed by atoms with Gasteiger partial charge in [0.25, 0.3) is 0 Å². The van der Waals surface area contributed by atoms with Crippen LogP contribution >= 0.6 is 0 Å². The summed E-state index contributed by atoms with van der Waals surface area (Å²) in [5.74, 6) is 3.50. The highest BCUT2D eigenvalue weighted by atomic mass is 16.5. The number of benzene rings is 3. The van der Waals surface area contributed by atoms with Crippen LogP contribution in [0.1, 0.15) is 117 Å². The molecule has 0 bridgehead atoms. The first kappa shape index (κ1) is 28.0. The van der Waals surface area contributed by atoms with Gasteiger partial charge in [-0.1, -0.05) is 104 Å². The van der Waals surface area contributed by atoms with E-state index in [1.54, 1.807) is 11.1 Å². The maximum absolute atomic E-state index is 7.04. The Kier molecular flexibility index (Phi) is 8.13. The molecule has 3 aliphatic carbocycles. The largest absolute Gasteiger partial charge is 0.374 e. The molecule has 43 heavy (non-hydrogen) atoms. The Labute approximate surface area is 258 Å². The number of rotatable bonds is 5. The first-order valence-electron chi connectivity index (χ1n) is 17.4. The van der Waals surface area contributed by atoms with Crippen molar-refractivity contribution in [2.45, 2.75) is 113 Å². The van der Waals surface area contributed by atoms with E-state index in [1.165, 1.54) is 75.3 Å². The monoisotopic (exact) mass is 575 g/mol. The lowest BCUT2D eigenvalue weighted by atomic mass is 9.67. The molecule has 2 aliphatic heterocycles. The Morgan fingerprint density at radius 2 is 1.07 bits per heavy atom. The van der Waals surface area contributed by atoms with Crippen LogP contribution in [0.25, 0.3) is 0 Å². The summed E-state index contributed by atoms with van der Waals surface area (Å²) in [6.07, 6.45) is 15.9. The molecule has 0 aromatic heterocycles. The van der Waals surface area contributed by atoms with Gasteiger partial charge in [-0.05, 0) is 103 Å². The first-order valence-corrected chi connectivity index (χ1v) is 17.4. The molecule has 3 saturated carbocycles. The van der Waals surface area contributed by atoms with Gasteiger partial charge in [-0.15, -0.1) is 0 Å². The lowest BCUT2D eigenvalue weighted by Crippen LogP contribution is -2.62. The van der Waals surface area contributed by atoms with E-state index >= 15 is 0 Å². The van der Waals surface area contributed by atoms with Crippen LogP contribution in [0.15, 0.2) is 84.9 Å². The van der Waals surface area contributed by atoms with Crippen LogP contribution in [-0.4, -0.2) is 18.4 Å². The van der Waals surface area contributed by atoms with E-state index < -0.39 is 0 Å². The van der Waals surface area contributed by atoms with E-state index in [1.807, 2.05) is 0 Å². The second-order valence-electron chi connectivity index (χ2n) is 14.3. The predicted octanol–water partition coefficient (Wildman–Crippen LogP) is 8.31. The third kappa shape index (κ3) is 5.84. The fourth-order valence-corrected chi connectivity index (χ4v) is 9.58. The second kappa shape index (κ2) is 12.5. The van der Waals surface area contributed by atoms with Gasteiger partial charge in [-0.3, -0.25) is 16.0 Å². The highest BCUT2D eigenvalue weighted by molar-refractivity contribution is 5.30. The highest BCUT2D eigenvalue weighted by Crippen LogP contribution is 2.52. The average molecular weight is 576 g/mol. The fraction of sp³-hybridized carbons (Fsp3) is 0.538. The zero-order valence-electron chi connectivity index (χ0n) is 25.5. The molecule has 4 nitrogen and oxygen atoms in total. The predicted molar refractivity (Wildman–Crippen MR) is 173 cm³/mol. The maximum Gasteiger partial charge on any atom is 0.0862 e. The molecule has 3 aromatic carbocycles. The van der Waals surface area contributed by atoms with Crippen LogP contribution in [0.4, 0.5) is 0 Å². The van der Waals surface area contributed by atoms with Crippen molar-refractivity contribution in [1.29, 1.82) is 0 Å². The van der Waals surface area contributed by atoms with Gasteiger partial charge in [0.2, 0.25) is 0 Å². The fourth-order valence-electron chi connectivity index (χ4n) is 9.58. The minimum Gasteiger partial charge on any atom is -0.374 e. The summed E-state index contributed by atoms with van der Waals surface area (Å²) in [6.45, 7) is 0. The highest BCUT2D eigenvalue weighted by Gasteiger charge is 2.50. The van der Waals surface area contributed by atoms with Crippen LogP contribution < -0.4 is 16.0 Å². The summed E-state index contributed by atoms with van der Waals surface area (Å²) < 4.78 is 7.04. The molecular formula is C39H49N3O. The minimum absolute atomic E-state index is 0.118. The van der Waals surface area contributed by atoms with Crippen molar-refractivity contribution in [2.75, 3.05) is 0 Å². The van der Waals surface area contributed by atoms with Crippen LogP contribution in [0.3, 0.4) is 0 Å². The summed E-state index contributed by atoms with van der Waals surface area (Å²) in [7, 11) is 0. The van der Waals surface area contributed by atoms with Crippen molar-refractivity contribution >= 4 is 0 Å². The van der Waals surface area contributed by atoms with Crippen LogP contribution in [0, 0.1) is 17.8 Å². The van der Waals surface area contributed by atoms with E-state index in [9.17, 15) is 0 Å². The van der Waals surface area contributed by atoms with Crippen LogP contribution in [0.2, 0.25) is 0 Å². The summed E-state index contributed by atoms with van der Waals surface area (Å²) in [5.41, 5.74) is 5.78. The summed E-state index contributed by atoms with van der Waals surface area (Å²) in [5, 5.41) is 11.8. The molecule has 8 unspecified atom stereocenters. The Balaban J connectivity index is 0.948. The molecule has 3 aromatic rings. The molecule has 2 saturated heterocycles. The molecule has 8 rings (SSSR count). The molecule has 226 valence electrons. The van der Waals surface area contributed by atoms with Crippen LogP contribution in [-0.2, 0) is 4.74 Å². The quantitative estimate of drug-likeness (QED) is 0.286. The van der Waals surface area contributed by atoms with E-state index in [0.29, 0.717) is 24.0 Å². The van der Waals surface area contributed by atoms with Crippen LogP contribution in [0.5, 0.6) is 0 Å². The number of ether oxygens (including phenoxy) is 1. The average Bonchev–Trinajstić information content (AvgIpc) is 3.46. The van der Waals surface area contributed by atoms with Gasteiger partial charge in [-0.2, -0.15) is 0 Å². The maximum atomic E-state index is 7.04. The minimum atomic E-state index is 0.118. The van der Waals surface area contributed by atoms with Crippen molar-refractivity contribution < 1.29 is 4.74 Å².